The molecule has 0 saturated heterocycles. The zero-order valence-corrected chi connectivity index (χ0v) is 9.42. The topological polar surface area (TPSA) is 0 Å². The highest BCUT2D eigenvalue weighted by molar-refractivity contribution is 7.98. The molecule has 0 spiro atoms. The van der Waals surface area contributed by atoms with Gasteiger partial charge in [0.15, 0.2) is 0 Å². The van der Waals surface area contributed by atoms with E-state index >= 15 is 0 Å². The summed E-state index contributed by atoms with van der Waals surface area (Å²) in [4.78, 5) is 0. The van der Waals surface area contributed by atoms with Crippen molar-refractivity contribution >= 4 is 11.8 Å². The van der Waals surface area contributed by atoms with E-state index in [4.69, 9.17) is 0 Å². The lowest BCUT2D eigenvalue weighted by Crippen LogP contribution is -2.11. The number of hydrogen-bond donors (Lipinski definition) is 0. The van der Waals surface area contributed by atoms with Crippen LogP contribution < -0.4 is 0 Å². The molecule has 0 aliphatic heterocycles. The summed E-state index contributed by atoms with van der Waals surface area (Å²) in [5, 5.41) is 0. The second-order valence-electron chi connectivity index (χ2n) is 4.65. The summed E-state index contributed by atoms with van der Waals surface area (Å²) >= 11 is 1.96. The van der Waals surface area contributed by atoms with E-state index in [9.17, 15) is 0 Å². The van der Waals surface area contributed by atoms with E-state index in [0.29, 0.717) is 5.41 Å². The maximum absolute atomic E-state index is 2.36. The van der Waals surface area contributed by atoms with Gasteiger partial charge in [-0.1, -0.05) is 27.7 Å². The van der Waals surface area contributed by atoms with Gasteiger partial charge in [0.25, 0.3) is 0 Å². The summed E-state index contributed by atoms with van der Waals surface area (Å²) in [5.74, 6) is 2.21. The highest BCUT2D eigenvalue weighted by Crippen LogP contribution is 2.26. The fraction of sp³-hybridized carbons (Fsp3) is 1.00. The number of rotatable bonds is 4. The smallest absolute Gasteiger partial charge is 0.00678 e. The zero-order chi connectivity index (χ0) is 8.91. The lowest BCUT2D eigenvalue weighted by atomic mass is 9.84. The van der Waals surface area contributed by atoms with Gasteiger partial charge in [0.2, 0.25) is 0 Å². The van der Waals surface area contributed by atoms with Crippen LogP contribution in [-0.4, -0.2) is 12.0 Å². The fourth-order valence-electron chi connectivity index (χ4n) is 1.47. The first-order chi connectivity index (χ1) is 4.95. The van der Waals surface area contributed by atoms with E-state index < -0.39 is 0 Å². The average molecular weight is 174 g/mol. The van der Waals surface area contributed by atoms with Crippen LogP contribution in [0.25, 0.3) is 0 Å². The minimum Gasteiger partial charge on any atom is -0.165 e. The molecule has 1 unspecified atom stereocenters. The monoisotopic (exact) mass is 174 g/mol. The molecule has 0 aromatic rings. The Morgan fingerprint density at radius 3 is 2.18 bits per heavy atom. The van der Waals surface area contributed by atoms with Gasteiger partial charge in [-0.25, -0.2) is 0 Å². The van der Waals surface area contributed by atoms with E-state index in [1.54, 1.807) is 0 Å². The maximum atomic E-state index is 2.36. The molecule has 0 aliphatic carbocycles. The van der Waals surface area contributed by atoms with Gasteiger partial charge in [-0.05, 0) is 36.2 Å². The van der Waals surface area contributed by atoms with E-state index in [0.717, 1.165) is 5.92 Å². The molecule has 0 nitrogen and oxygen atoms in total. The van der Waals surface area contributed by atoms with Crippen LogP contribution in [0.1, 0.15) is 40.5 Å². The molecule has 0 saturated carbocycles. The zero-order valence-electron chi connectivity index (χ0n) is 8.61. The van der Waals surface area contributed by atoms with Crippen LogP contribution in [0.2, 0.25) is 0 Å². The number of hydrogen-bond acceptors (Lipinski definition) is 1. The summed E-state index contributed by atoms with van der Waals surface area (Å²) in [6, 6.07) is 0. The molecular weight excluding hydrogens is 152 g/mol. The average Bonchev–Trinajstić information content (AvgIpc) is 1.79. The predicted octanol–water partition coefficient (Wildman–Crippen LogP) is 3.81. The standard InChI is InChI=1S/C10H22S/c1-9(6-7-11-5)8-10(2,3)4/h9H,6-8H2,1-5H3. The molecule has 0 fully saturated rings. The molecule has 0 aromatic carbocycles. The van der Waals surface area contributed by atoms with Crippen LogP contribution in [0.5, 0.6) is 0 Å². The summed E-state index contributed by atoms with van der Waals surface area (Å²) in [7, 11) is 0. The molecule has 1 atom stereocenters. The van der Waals surface area contributed by atoms with Crippen molar-refractivity contribution in [3.63, 3.8) is 0 Å². The van der Waals surface area contributed by atoms with E-state index in [1.807, 2.05) is 11.8 Å². The Morgan fingerprint density at radius 2 is 1.82 bits per heavy atom. The molecule has 1 heteroatoms. The highest BCUT2D eigenvalue weighted by atomic mass is 32.2. The molecule has 0 aliphatic rings. The van der Waals surface area contributed by atoms with Crippen LogP contribution in [0.3, 0.4) is 0 Å². The van der Waals surface area contributed by atoms with Crippen molar-refractivity contribution < 1.29 is 0 Å². The van der Waals surface area contributed by atoms with E-state index in [-0.39, 0.29) is 0 Å². The first-order valence-electron chi connectivity index (χ1n) is 4.44. The van der Waals surface area contributed by atoms with Gasteiger partial charge in [-0.3, -0.25) is 0 Å². The van der Waals surface area contributed by atoms with Crippen molar-refractivity contribution in [3.05, 3.63) is 0 Å². The fourth-order valence-corrected chi connectivity index (χ4v) is 2.10. The Kier molecular flexibility index (Phi) is 5.24. The maximum Gasteiger partial charge on any atom is -0.00678 e. The molecular formula is C10H22S. The highest BCUT2D eigenvalue weighted by Gasteiger charge is 2.14. The molecule has 0 rings (SSSR count). The van der Waals surface area contributed by atoms with Crippen molar-refractivity contribution in [2.45, 2.75) is 40.5 Å². The minimum atomic E-state index is 0.512. The molecule has 0 N–H and O–H groups in total. The van der Waals surface area contributed by atoms with Gasteiger partial charge in [0.05, 0.1) is 0 Å². The van der Waals surface area contributed by atoms with Crippen LogP contribution in [0, 0.1) is 11.3 Å². The SMILES string of the molecule is CSCCC(C)CC(C)(C)C. The van der Waals surface area contributed by atoms with Gasteiger partial charge in [-0.2, -0.15) is 11.8 Å². The van der Waals surface area contributed by atoms with Gasteiger partial charge < -0.3 is 0 Å². The lowest BCUT2D eigenvalue weighted by Gasteiger charge is -2.22. The van der Waals surface area contributed by atoms with Crippen LogP contribution in [0.15, 0.2) is 0 Å². The van der Waals surface area contributed by atoms with Gasteiger partial charge in [0, 0.05) is 0 Å². The number of thioether (sulfide) groups is 1. The van der Waals surface area contributed by atoms with E-state index in [2.05, 4.69) is 34.0 Å². The molecule has 0 bridgehead atoms. The molecule has 0 aromatic heterocycles. The Bertz CT molecular complexity index is 91.5. The van der Waals surface area contributed by atoms with Crippen molar-refractivity contribution in [3.8, 4) is 0 Å². The summed E-state index contributed by atoms with van der Waals surface area (Å²) in [5.41, 5.74) is 0.512. The Morgan fingerprint density at radius 1 is 1.27 bits per heavy atom. The van der Waals surface area contributed by atoms with Crippen molar-refractivity contribution in [2.75, 3.05) is 12.0 Å². The van der Waals surface area contributed by atoms with Crippen molar-refractivity contribution in [1.82, 2.24) is 0 Å². The first kappa shape index (κ1) is 11.4. The van der Waals surface area contributed by atoms with Crippen molar-refractivity contribution in [2.24, 2.45) is 11.3 Å². The second-order valence-corrected chi connectivity index (χ2v) is 5.64. The third-order valence-electron chi connectivity index (χ3n) is 1.78. The largest absolute Gasteiger partial charge is 0.165 e. The molecule has 0 heterocycles. The Hall–Kier alpha value is 0.350. The summed E-state index contributed by atoms with van der Waals surface area (Å²) < 4.78 is 0. The van der Waals surface area contributed by atoms with Crippen LogP contribution >= 0.6 is 11.8 Å². The van der Waals surface area contributed by atoms with Gasteiger partial charge >= 0.3 is 0 Å². The molecule has 0 radical (unpaired) electrons. The molecule has 68 valence electrons. The third kappa shape index (κ3) is 8.25. The quantitative estimate of drug-likeness (QED) is 0.624. The van der Waals surface area contributed by atoms with E-state index in [1.165, 1.54) is 18.6 Å². The van der Waals surface area contributed by atoms with Crippen molar-refractivity contribution in [1.29, 1.82) is 0 Å². The normalized spacial score (nSPS) is 15.0. The third-order valence-corrected chi connectivity index (χ3v) is 2.42. The molecule has 11 heavy (non-hydrogen) atoms. The Labute approximate surface area is 76.1 Å². The summed E-state index contributed by atoms with van der Waals surface area (Å²) in [6.07, 6.45) is 4.91. The van der Waals surface area contributed by atoms with Gasteiger partial charge in [0.1, 0.15) is 0 Å². The Balaban J connectivity index is 3.44. The first-order valence-corrected chi connectivity index (χ1v) is 5.84. The lowest BCUT2D eigenvalue weighted by molar-refractivity contribution is 0.303. The summed E-state index contributed by atoms with van der Waals surface area (Å²) in [6.45, 7) is 9.33. The predicted molar refractivity (Wildman–Crippen MR) is 56.2 cm³/mol. The van der Waals surface area contributed by atoms with Gasteiger partial charge in [-0.15, -0.1) is 0 Å². The van der Waals surface area contributed by atoms with Crippen LogP contribution in [0.4, 0.5) is 0 Å². The molecule has 0 amide bonds. The minimum absolute atomic E-state index is 0.512. The second kappa shape index (κ2) is 5.08. The van der Waals surface area contributed by atoms with Crippen LogP contribution in [-0.2, 0) is 0 Å².